The summed E-state index contributed by atoms with van der Waals surface area (Å²) in [7, 11) is 0. The number of aromatic nitrogens is 1. The van der Waals surface area contributed by atoms with E-state index in [1.165, 1.54) is 12.8 Å². The van der Waals surface area contributed by atoms with Crippen LogP contribution in [0.25, 0.3) is 10.8 Å². The molecular weight excluding hydrogens is 341 g/mol. The second kappa shape index (κ2) is 8.89. The molecule has 1 aliphatic heterocycles. The van der Waals surface area contributed by atoms with Crippen LogP contribution in [0, 0.1) is 5.92 Å². The minimum atomic E-state index is 0. The number of hydrogen-bond donors (Lipinski definition) is 1. The average Bonchev–Trinajstić information content (AvgIpc) is 3.11. The van der Waals surface area contributed by atoms with E-state index in [9.17, 15) is 0 Å². The van der Waals surface area contributed by atoms with Crippen molar-refractivity contribution in [2.45, 2.75) is 32.4 Å². The summed E-state index contributed by atoms with van der Waals surface area (Å²) >= 11 is 1.64. The van der Waals surface area contributed by atoms with E-state index in [0.29, 0.717) is 6.04 Å². The zero-order valence-corrected chi connectivity index (χ0v) is 15.1. The number of halogens is 2. The number of nitrogens with zero attached hydrogens (tertiary/aromatic N) is 2. The van der Waals surface area contributed by atoms with Crippen molar-refractivity contribution < 1.29 is 4.42 Å². The fraction of sp³-hybridized carbons (Fsp3) is 0.533. The SMILES string of the molecule is CC1CCN(Cc2csc(-c3ccco3)n2)C(CN)C1.Cl.Cl. The van der Waals surface area contributed by atoms with Crippen molar-refractivity contribution >= 4 is 36.2 Å². The molecule has 1 aliphatic rings. The molecule has 0 spiro atoms. The number of rotatable bonds is 4. The van der Waals surface area contributed by atoms with Gasteiger partial charge in [0.05, 0.1) is 12.0 Å². The lowest BCUT2D eigenvalue weighted by atomic mass is 9.92. The predicted molar refractivity (Wildman–Crippen MR) is 96.0 cm³/mol. The average molecular weight is 364 g/mol. The van der Waals surface area contributed by atoms with E-state index in [0.717, 1.165) is 42.0 Å². The fourth-order valence-corrected chi connectivity index (χ4v) is 3.63. The third kappa shape index (κ3) is 4.46. The first-order valence-electron chi connectivity index (χ1n) is 7.18. The molecule has 4 nitrogen and oxygen atoms in total. The van der Waals surface area contributed by atoms with Crippen LogP contribution < -0.4 is 5.73 Å². The Kier molecular flexibility index (Phi) is 7.86. The molecule has 0 amide bonds. The number of likely N-dealkylation sites (tertiary alicyclic amines) is 1. The fourth-order valence-electron chi connectivity index (χ4n) is 2.85. The van der Waals surface area contributed by atoms with Crippen LogP contribution >= 0.6 is 36.2 Å². The van der Waals surface area contributed by atoms with Crippen molar-refractivity contribution in [3.05, 3.63) is 29.5 Å². The number of thiazole rings is 1. The van der Waals surface area contributed by atoms with Crippen LogP contribution in [0.2, 0.25) is 0 Å². The molecule has 0 bridgehead atoms. The molecule has 0 aliphatic carbocycles. The highest BCUT2D eigenvalue weighted by atomic mass is 35.5. The monoisotopic (exact) mass is 363 g/mol. The van der Waals surface area contributed by atoms with Crippen LogP contribution in [0.1, 0.15) is 25.5 Å². The van der Waals surface area contributed by atoms with Gasteiger partial charge in [-0.15, -0.1) is 36.2 Å². The van der Waals surface area contributed by atoms with Crippen LogP contribution in [0.15, 0.2) is 28.2 Å². The van der Waals surface area contributed by atoms with E-state index in [4.69, 9.17) is 10.2 Å². The van der Waals surface area contributed by atoms with Crippen LogP contribution in [0.3, 0.4) is 0 Å². The Hall–Kier alpha value is -0.590. The van der Waals surface area contributed by atoms with Crippen molar-refractivity contribution in [2.75, 3.05) is 13.1 Å². The van der Waals surface area contributed by atoms with Gasteiger partial charge >= 0.3 is 0 Å². The van der Waals surface area contributed by atoms with E-state index in [1.54, 1.807) is 17.6 Å². The Labute approximate surface area is 147 Å². The summed E-state index contributed by atoms with van der Waals surface area (Å²) in [5.74, 6) is 1.64. The van der Waals surface area contributed by atoms with Crippen LogP contribution in [0.5, 0.6) is 0 Å². The molecule has 2 atom stereocenters. The smallest absolute Gasteiger partial charge is 0.162 e. The zero-order chi connectivity index (χ0) is 13.9. The molecule has 0 saturated carbocycles. The van der Waals surface area contributed by atoms with E-state index < -0.39 is 0 Å². The number of nitrogens with two attached hydrogens (primary N) is 1. The van der Waals surface area contributed by atoms with Gasteiger partial charge in [0.25, 0.3) is 0 Å². The molecule has 2 aromatic heterocycles. The maximum Gasteiger partial charge on any atom is 0.162 e. The molecule has 2 unspecified atom stereocenters. The van der Waals surface area contributed by atoms with E-state index in [1.807, 2.05) is 12.1 Å². The molecule has 0 radical (unpaired) electrons. The Morgan fingerprint density at radius 3 is 2.95 bits per heavy atom. The highest BCUT2D eigenvalue weighted by Crippen LogP contribution is 2.27. The van der Waals surface area contributed by atoms with Gasteiger partial charge in [0, 0.05) is 24.5 Å². The molecule has 2 aromatic rings. The van der Waals surface area contributed by atoms with Crippen molar-refractivity contribution in [1.29, 1.82) is 0 Å². The van der Waals surface area contributed by atoms with Crippen molar-refractivity contribution in [1.82, 2.24) is 9.88 Å². The van der Waals surface area contributed by atoms with Gasteiger partial charge in [0.2, 0.25) is 0 Å². The zero-order valence-electron chi connectivity index (χ0n) is 12.6. The molecular formula is C15H23Cl2N3OS. The van der Waals surface area contributed by atoms with Gasteiger partial charge in [-0.05, 0) is 37.4 Å². The van der Waals surface area contributed by atoms with Gasteiger partial charge in [-0.3, -0.25) is 4.90 Å². The highest BCUT2D eigenvalue weighted by molar-refractivity contribution is 7.13. The normalized spacial score (nSPS) is 21.9. The maximum absolute atomic E-state index is 5.92. The van der Waals surface area contributed by atoms with Gasteiger partial charge < -0.3 is 10.2 Å². The van der Waals surface area contributed by atoms with E-state index in [-0.39, 0.29) is 24.8 Å². The van der Waals surface area contributed by atoms with Gasteiger partial charge in [-0.1, -0.05) is 6.92 Å². The summed E-state index contributed by atoms with van der Waals surface area (Å²) < 4.78 is 5.39. The molecule has 3 rings (SSSR count). The Bertz CT molecular complexity index is 547. The first-order valence-corrected chi connectivity index (χ1v) is 8.06. The maximum atomic E-state index is 5.92. The molecule has 1 saturated heterocycles. The summed E-state index contributed by atoms with van der Waals surface area (Å²) in [5, 5.41) is 3.09. The summed E-state index contributed by atoms with van der Waals surface area (Å²) in [6.07, 6.45) is 4.14. The molecule has 22 heavy (non-hydrogen) atoms. The highest BCUT2D eigenvalue weighted by Gasteiger charge is 2.25. The van der Waals surface area contributed by atoms with Crippen LogP contribution in [0.4, 0.5) is 0 Å². The lowest BCUT2D eigenvalue weighted by Gasteiger charge is -2.37. The summed E-state index contributed by atoms with van der Waals surface area (Å²) in [6, 6.07) is 4.34. The van der Waals surface area contributed by atoms with Gasteiger partial charge in [-0.25, -0.2) is 4.98 Å². The minimum Gasteiger partial charge on any atom is -0.462 e. The second-order valence-electron chi connectivity index (χ2n) is 5.61. The van der Waals surface area contributed by atoms with Crippen molar-refractivity contribution in [2.24, 2.45) is 11.7 Å². The van der Waals surface area contributed by atoms with Crippen molar-refractivity contribution in [3.63, 3.8) is 0 Å². The minimum absolute atomic E-state index is 0. The number of hydrogen-bond acceptors (Lipinski definition) is 5. The van der Waals surface area contributed by atoms with E-state index >= 15 is 0 Å². The molecule has 124 valence electrons. The third-order valence-corrected chi connectivity index (χ3v) is 4.93. The lowest BCUT2D eigenvalue weighted by Crippen LogP contribution is -2.45. The summed E-state index contributed by atoms with van der Waals surface area (Å²) in [6.45, 7) is 5.07. The molecule has 1 fully saturated rings. The third-order valence-electron chi connectivity index (χ3n) is 4.02. The summed E-state index contributed by atoms with van der Waals surface area (Å²) in [4.78, 5) is 7.15. The first-order chi connectivity index (χ1) is 9.76. The van der Waals surface area contributed by atoms with Crippen LogP contribution in [-0.4, -0.2) is 29.0 Å². The quantitative estimate of drug-likeness (QED) is 0.897. The van der Waals surface area contributed by atoms with Crippen molar-refractivity contribution in [3.8, 4) is 10.8 Å². The Morgan fingerprint density at radius 1 is 1.45 bits per heavy atom. The Morgan fingerprint density at radius 2 is 2.27 bits per heavy atom. The van der Waals surface area contributed by atoms with Gasteiger partial charge in [0.1, 0.15) is 0 Å². The molecule has 0 aromatic carbocycles. The number of piperidine rings is 1. The second-order valence-corrected chi connectivity index (χ2v) is 6.47. The number of furan rings is 1. The van der Waals surface area contributed by atoms with Crippen LogP contribution in [-0.2, 0) is 6.54 Å². The van der Waals surface area contributed by atoms with Gasteiger partial charge in [0.15, 0.2) is 10.8 Å². The first kappa shape index (κ1) is 19.5. The predicted octanol–water partition coefficient (Wildman–Crippen LogP) is 3.81. The van der Waals surface area contributed by atoms with E-state index in [2.05, 4.69) is 22.2 Å². The van der Waals surface area contributed by atoms with Gasteiger partial charge in [-0.2, -0.15) is 0 Å². The topological polar surface area (TPSA) is 55.3 Å². The largest absolute Gasteiger partial charge is 0.462 e. The molecule has 2 N–H and O–H groups in total. The summed E-state index contributed by atoms with van der Waals surface area (Å²) in [5.41, 5.74) is 7.04. The molecule has 7 heteroatoms. The Balaban J connectivity index is 0.00000121. The standard InChI is InChI=1S/C15H21N3OS.2ClH/c1-11-4-5-18(13(7-11)8-16)9-12-10-20-15(17-12)14-3-2-6-19-14;;/h2-3,6,10-11,13H,4-5,7-9,16H2,1H3;2*1H. The molecule has 3 heterocycles. The lowest BCUT2D eigenvalue weighted by molar-refractivity contribution is 0.114.